The van der Waals surface area contributed by atoms with Crippen LogP contribution in [0.15, 0.2) is 44.4 Å². The molecule has 0 atom stereocenters. The van der Waals surface area contributed by atoms with Gasteiger partial charge in [0.15, 0.2) is 11.5 Å². The molecule has 0 bridgehead atoms. The first-order valence-corrected chi connectivity index (χ1v) is 7.96. The number of phenolic OH excluding ortho intramolecular Hbond substituents is 1. The van der Waals surface area contributed by atoms with Gasteiger partial charge in [-0.3, -0.25) is 4.79 Å². The third-order valence-corrected chi connectivity index (χ3v) is 4.04. The highest BCUT2D eigenvalue weighted by molar-refractivity contribution is 9.11. The number of hydrogen-bond donors (Lipinski definition) is 3. The lowest BCUT2D eigenvalue weighted by molar-refractivity contribution is 0.0956. The molecule has 23 heavy (non-hydrogen) atoms. The number of benzene rings is 2. The highest BCUT2D eigenvalue weighted by Crippen LogP contribution is 2.28. The van der Waals surface area contributed by atoms with Crippen molar-refractivity contribution in [2.45, 2.75) is 0 Å². The molecule has 0 fully saturated rings. The van der Waals surface area contributed by atoms with E-state index in [9.17, 15) is 9.90 Å². The number of carbonyl (C=O) groups excluding carboxylic acids is 1. The Morgan fingerprint density at radius 3 is 2.78 bits per heavy atom. The number of nitrogens with two attached hydrogens (primary N) is 1. The maximum atomic E-state index is 12.1. The van der Waals surface area contributed by atoms with Crippen LogP contribution in [-0.4, -0.2) is 24.3 Å². The van der Waals surface area contributed by atoms with Crippen molar-refractivity contribution in [2.24, 2.45) is 5.10 Å². The third-order valence-electron chi connectivity index (χ3n) is 2.92. The molecule has 0 aromatic heterocycles. The Kier molecular flexibility index (Phi) is 5.62. The van der Waals surface area contributed by atoms with Crippen molar-refractivity contribution in [3.05, 3.63) is 50.4 Å². The van der Waals surface area contributed by atoms with Gasteiger partial charge in [-0.05, 0) is 51.8 Å². The highest BCUT2D eigenvalue weighted by atomic mass is 79.9. The van der Waals surface area contributed by atoms with Crippen molar-refractivity contribution in [2.75, 3.05) is 12.8 Å². The molecule has 0 saturated carbocycles. The van der Waals surface area contributed by atoms with Crippen LogP contribution in [0.25, 0.3) is 0 Å². The molecule has 4 N–H and O–H groups in total. The van der Waals surface area contributed by atoms with Crippen LogP contribution in [0.3, 0.4) is 0 Å². The molecule has 8 heteroatoms. The Morgan fingerprint density at radius 2 is 2.09 bits per heavy atom. The minimum Gasteiger partial charge on any atom is -0.504 e. The number of methoxy groups -OCH3 is 1. The summed E-state index contributed by atoms with van der Waals surface area (Å²) in [6.45, 7) is 0. The van der Waals surface area contributed by atoms with Gasteiger partial charge in [-0.15, -0.1) is 0 Å². The van der Waals surface area contributed by atoms with Crippen molar-refractivity contribution in [3.8, 4) is 11.5 Å². The van der Waals surface area contributed by atoms with E-state index in [2.05, 4.69) is 42.4 Å². The first-order chi connectivity index (χ1) is 10.9. The first-order valence-electron chi connectivity index (χ1n) is 6.37. The predicted octanol–water partition coefficient (Wildman–Crippen LogP) is 3.27. The Labute approximate surface area is 149 Å². The van der Waals surface area contributed by atoms with Crippen molar-refractivity contribution in [3.63, 3.8) is 0 Å². The van der Waals surface area contributed by atoms with Crippen LogP contribution in [0.5, 0.6) is 11.5 Å². The number of ether oxygens (including phenoxy) is 1. The van der Waals surface area contributed by atoms with Gasteiger partial charge in [0.1, 0.15) is 0 Å². The summed E-state index contributed by atoms with van der Waals surface area (Å²) in [5, 5.41) is 13.4. The number of aromatic hydroxyl groups is 1. The Bertz CT molecular complexity index is 779. The molecule has 0 unspecified atom stereocenters. The minimum absolute atomic E-state index is 0.0282. The fraction of sp³-hybridized carbons (Fsp3) is 0.0667. The average molecular weight is 443 g/mol. The van der Waals surface area contributed by atoms with Gasteiger partial charge in [0.25, 0.3) is 5.91 Å². The van der Waals surface area contributed by atoms with Crippen LogP contribution in [0, 0.1) is 0 Å². The van der Waals surface area contributed by atoms with Gasteiger partial charge in [0.2, 0.25) is 0 Å². The molecule has 120 valence electrons. The molecule has 1 amide bonds. The third kappa shape index (κ3) is 4.23. The number of nitrogen functional groups attached to an aromatic ring is 1. The smallest absolute Gasteiger partial charge is 0.273 e. The maximum absolute atomic E-state index is 12.1. The van der Waals surface area contributed by atoms with Gasteiger partial charge in [0, 0.05) is 8.95 Å². The number of phenols is 1. The highest BCUT2D eigenvalue weighted by Gasteiger charge is 2.12. The van der Waals surface area contributed by atoms with E-state index in [4.69, 9.17) is 10.5 Å². The van der Waals surface area contributed by atoms with Crippen molar-refractivity contribution < 1.29 is 14.6 Å². The second kappa shape index (κ2) is 7.47. The first kappa shape index (κ1) is 17.3. The van der Waals surface area contributed by atoms with Crippen molar-refractivity contribution >= 4 is 49.7 Å². The van der Waals surface area contributed by atoms with Gasteiger partial charge in [-0.2, -0.15) is 5.10 Å². The second-order valence-electron chi connectivity index (χ2n) is 4.48. The molecule has 0 aliphatic heterocycles. The quantitative estimate of drug-likeness (QED) is 0.384. The van der Waals surface area contributed by atoms with E-state index in [1.165, 1.54) is 19.4 Å². The lowest BCUT2D eigenvalue weighted by atomic mass is 10.2. The van der Waals surface area contributed by atoms with Gasteiger partial charge < -0.3 is 15.6 Å². The van der Waals surface area contributed by atoms with E-state index < -0.39 is 5.91 Å². The largest absolute Gasteiger partial charge is 0.504 e. The van der Waals surface area contributed by atoms with Crippen LogP contribution >= 0.6 is 31.9 Å². The maximum Gasteiger partial charge on any atom is 0.273 e. The zero-order valence-corrected chi connectivity index (χ0v) is 15.2. The predicted molar refractivity (Wildman–Crippen MR) is 96.0 cm³/mol. The number of rotatable bonds is 4. The molecule has 0 spiro atoms. The molecule has 0 heterocycles. The Hall–Kier alpha value is -2.06. The monoisotopic (exact) mass is 441 g/mol. The Morgan fingerprint density at radius 1 is 1.35 bits per heavy atom. The van der Waals surface area contributed by atoms with E-state index in [1.54, 1.807) is 24.3 Å². The van der Waals surface area contributed by atoms with Gasteiger partial charge >= 0.3 is 0 Å². The fourth-order valence-corrected chi connectivity index (χ4v) is 3.00. The number of anilines is 1. The number of hydrogen-bond acceptors (Lipinski definition) is 5. The zero-order valence-electron chi connectivity index (χ0n) is 12.0. The molecule has 2 rings (SSSR count). The lowest BCUT2D eigenvalue weighted by Crippen LogP contribution is -2.19. The van der Waals surface area contributed by atoms with Crippen molar-refractivity contribution in [1.29, 1.82) is 0 Å². The van der Waals surface area contributed by atoms with E-state index in [0.29, 0.717) is 27.0 Å². The van der Waals surface area contributed by atoms with E-state index >= 15 is 0 Å². The fourth-order valence-electron chi connectivity index (χ4n) is 1.77. The molecule has 0 aliphatic carbocycles. The molecule has 2 aromatic rings. The molecule has 0 radical (unpaired) electrons. The van der Waals surface area contributed by atoms with E-state index in [0.717, 1.165) is 4.47 Å². The van der Waals surface area contributed by atoms with Gasteiger partial charge in [0.05, 0.1) is 24.6 Å². The zero-order chi connectivity index (χ0) is 17.0. The van der Waals surface area contributed by atoms with Crippen LogP contribution in [0.2, 0.25) is 0 Å². The molecule has 2 aromatic carbocycles. The topological polar surface area (TPSA) is 96.9 Å². The van der Waals surface area contributed by atoms with E-state index in [-0.39, 0.29) is 5.75 Å². The van der Waals surface area contributed by atoms with Gasteiger partial charge in [-0.1, -0.05) is 15.9 Å². The summed E-state index contributed by atoms with van der Waals surface area (Å²) in [6.07, 6.45) is 1.43. The molecular weight excluding hydrogens is 430 g/mol. The van der Waals surface area contributed by atoms with Crippen LogP contribution in [0.1, 0.15) is 15.9 Å². The Balaban J connectivity index is 2.13. The molecule has 6 nitrogen and oxygen atoms in total. The summed E-state index contributed by atoms with van der Waals surface area (Å²) >= 11 is 6.58. The SMILES string of the molecule is COc1cc(/C=N\NC(=O)c2cc(Br)cc(Br)c2N)ccc1O. The van der Waals surface area contributed by atoms with E-state index in [1.807, 2.05) is 0 Å². The van der Waals surface area contributed by atoms with Gasteiger partial charge in [-0.25, -0.2) is 5.43 Å². The number of nitrogens with one attached hydrogen (secondary N) is 1. The molecule has 0 aliphatic rings. The summed E-state index contributed by atoms with van der Waals surface area (Å²) in [6, 6.07) is 8.06. The molecule has 0 saturated heterocycles. The van der Waals surface area contributed by atoms with Crippen LogP contribution < -0.4 is 15.9 Å². The number of amides is 1. The number of nitrogens with zero attached hydrogens (tertiary/aromatic N) is 1. The van der Waals surface area contributed by atoms with Crippen LogP contribution in [0.4, 0.5) is 5.69 Å². The van der Waals surface area contributed by atoms with Crippen molar-refractivity contribution in [1.82, 2.24) is 5.43 Å². The number of hydrazone groups is 1. The number of halogens is 2. The summed E-state index contributed by atoms with van der Waals surface area (Å²) in [5.74, 6) is -0.0904. The normalized spacial score (nSPS) is 10.7. The summed E-state index contributed by atoms with van der Waals surface area (Å²) in [7, 11) is 1.45. The standard InChI is InChI=1S/C15H13Br2N3O3/c1-23-13-4-8(2-3-12(13)21)7-19-20-15(22)10-5-9(16)6-11(17)14(10)18/h2-7,21H,18H2,1H3,(H,20,22)/b19-7-. The minimum atomic E-state index is -0.438. The summed E-state index contributed by atoms with van der Waals surface area (Å²) < 4.78 is 6.33. The summed E-state index contributed by atoms with van der Waals surface area (Å²) in [4.78, 5) is 12.1. The number of carbonyl (C=O) groups is 1. The second-order valence-corrected chi connectivity index (χ2v) is 6.25. The lowest BCUT2D eigenvalue weighted by Gasteiger charge is -2.07. The summed E-state index contributed by atoms with van der Waals surface area (Å²) in [5.41, 5.74) is 9.55. The molecular formula is C15H13Br2N3O3. The average Bonchev–Trinajstić information content (AvgIpc) is 2.52. The van der Waals surface area contributed by atoms with Crippen LogP contribution in [-0.2, 0) is 0 Å².